The third-order valence-corrected chi connectivity index (χ3v) is 6.54. The Kier molecular flexibility index (Phi) is 11.3. The lowest BCUT2D eigenvalue weighted by Gasteiger charge is -2.30. The van der Waals surface area contributed by atoms with Crippen molar-refractivity contribution in [3.05, 3.63) is 72.3 Å². The predicted octanol–water partition coefficient (Wildman–Crippen LogP) is 3.88. The van der Waals surface area contributed by atoms with Gasteiger partial charge in [0, 0.05) is 23.8 Å². The van der Waals surface area contributed by atoms with Gasteiger partial charge in [-0.15, -0.1) is 0 Å². The third-order valence-electron chi connectivity index (χ3n) is 6.54. The molecule has 9 heteroatoms. The first-order chi connectivity index (χ1) is 18.4. The van der Waals surface area contributed by atoms with E-state index in [0.29, 0.717) is 31.5 Å². The number of carbonyl (C=O) groups excluding carboxylic acids is 3. The second-order valence-electron chi connectivity index (χ2n) is 9.17. The Hall–Kier alpha value is -3.69. The van der Waals surface area contributed by atoms with E-state index in [1.165, 1.54) is 7.11 Å². The standard InChI is InChI=1S/C29H38N4O5/c1-4-11-20(5-2)26(33-29(36)37-3)28(35)32-24-15-10-9-12-21(24)16-17-23-18-30-25(19-38-23)27(34)31-22-13-7-6-8-14-22/h4,6-15,20,23,25-26,30H,5,16-19H2,1-3H3,(H,31,34)(H,32,35)(H,33,36)/b11-4+/t20-,23-,25+,26?/m1/s1. The molecule has 1 unspecified atom stereocenters. The Morgan fingerprint density at radius 1 is 1.11 bits per heavy atom. The van der Waals surface area contributed by atoms with Crippen LogP contribution in [0.1, 0.15) is 32.3 Å². The molecule has 4 atom stereocenters. The van der Waals surface area contributed by atoms with Gasteiger partial charge < -0.3 is 30.7 Å². The number of morpholine rings is 1. The number of benzene rings is 2. The number of rotatable bonds is 11. The zero-order chi connectivity index (χ0) is 27.3. The molecule has 3 amide bonds. The predicted molar refractivity (Wildman–Crippen MR) is 148 cm³/mol. The van der Waals surface area contributed by atoms with Gasteiger partial charge in [-0.3, -0.25) is 9.59 Å². The van der Waals surface area contributed by atoms with Crippen molar-refractivity contribution in [1.29, 1.82) is 0 Å². The van der Waals surface area contributed by atoms with Crippen LogP contribution in [0.25, 0.3) is 0 Å². The number of hydrogen-bond acceptors (Lipinski definition) is 6. The summed E-state index contributed by atoms with van der Waals surface area (Å²) in [6.07, 6.45) is 5.12. The van der Waals surface area contributed by atoms with Gasteiger partial charge in [-0.05, 0) is 49.9 Å². The minimum absolute atomic E-state index is 0.0626. The maximum Gasteiger partial charge on any atom is 0.407 e. The van der Waals surface area contributed by atoms with Crippen molar-refractivity contribution in [3.63, 3.8) is 0 Å². The van der Waals surface area contributed by atoms with Crippen molar-refractivity contribution in [2.24, 2.45) is 5.92 Å². The van der Waals surface area contributed by atoms with Gasteiger partial charge >= 0.3 is 6.09 Å². The lowest BCUT2D eigenvalue weighted by molar-refractivity contribution is -0.122. The van der Waals surface area contributed by atoms with E-state index in [0.717, 1.165) is 11.3 Å². The molecule has 1 fully saturated rings. The van der Waals surface area contributed by atoms with Gasteiger partial charge in [0.05, 0.1) is 19.8 Å². The van der Waals surface area contributed by atoms with Crippen LogP contribution in [0.4, 0.5) is 16.2 Å². The summed E-state index contributed by atoms with van der Waals surface area (Å²) in [5, 5.41) is 11.8. The quantitative estimate of drug-likeness (QED) is 0.333. The monoisotopic (exact) mass is 522 g/mol. The van der Waals surface area contributed by atoms with Gasteiger partial charge in [-0.2, -0.15) is 0 Å². The topological polar surface area (TPSA) is 118 Å². The molecule has 2 aromatic rings. The van der Waals surface area contributed by atoms with Crippen molar-refractivity contribution in [1.82, 2.24) is 10.6 Å². The average Bonchev–Trinajstić information content (AvgIpc) is 2.95. The fourth-order valence-electron chi connectivity index (χ4n) is 4.40. The summed E-state index contributed by atoms with van der Waals surface area (Å²) in [5.41, 5.74) is 2.40. The van der Waals surface area contributed by atoms with E-state index < -0.39 is 18.2 Å². The maximum absolute atomic E-state index is 13.2. The van der Waals surface area contributed by atoms with Crippen LogP contribution < -0.4 is 21.3 Å². The smallest absolute Gasteiger partial charge is 0.407 e. The fraction of sp³-hybridized carbons (Fsp3) is 0.414. The summed E-state index contributed by atoms with van der Waals surface area (Å²) in [7, 11) is 1.27. The number of nitrogens with one attached hydrogen (secondary N) is 4. The van der Waals surface area contributed by atoms with E-state index in [9.17, 15) is 14.4 Å². The number of allylic oxidation sites excluding steroid dienone is 1. The highest BCUT2D eigenvalue weighted by molar-refractivity contribution is 5.97. The molecule has 0 saturated carbocycles. The second kappa shape index (κ2) is 14.9. The fourth-order valence-corrected chi connectivity index (χ4v) is 4.40. The molecule has 0 bridgehead atoms. The van der Waals surface area contributed by atoms with Crippen LogP contribution in [0, 0.1) is 5.92 Å². The number of alkyl carbamates (subject to hydrolysis) is 1. The van der Waals surface area contributed by atoms with E-state index in [2.05, 4.69) is 21.3 Å². The van der Waals surface area contributed by atoms with Crippen molar-refractivity contribution in [3.8, 4) is 0 Å². The summed E-state index contributed by atoms with van der Waals surface area (Å²) in [4.78, 5) is 37.7. The Morgan fingerprint density at radius 2 is 1.84 bits per heavy atom. The number of anilines is 2. The number of aryl methyl sites for hydroxylation is 1. The van der Waals surface area contributed by atoms with Gasteiger partial charge in [-0.1, -0.05) is 55.5 Å². The van der Waals surface area contributed by atoms with Gasteiger partial charge in [0.15, 0.2) is 0 Å². The Morgan fingerprint density at radius 3 is 2.50 bits per heavy atom. The van der Waals surface area contributed by atoms with E-state index in [1.54, 1.807) is 0 Å². The van der Waals surface area contributed by atoms with Crippen molar-refractivity contribution < 1.29 is 23.9 Å². The lowest BCUT2D eigenvalue weighted by Crippen LogP contribution is -2.52. The molecule has 9 nitrogen and oxygen atoms in total. The minimum atomic E-state index is -0.776. The SMILES string of the molecule is C/C=C/[C@@H](CC)C(NC(=O)OC)C(=O)Nc1ccccc1CC[C@@H]1CN[C@H](C(=O)Nc2ccccc2)CO1. The van der Waals surface area contributed by atoms with Crippen LogP contribution in [-0.4, -0.2) is 56.4 Å². The molecular formula is C29H38N4O5. The van der Waals surface area contributed by atoms with Crippen LogP contribution in [0.15, 0.2) is 66.7 Å². The van der Waals surface area contributed by atoms with Crippen LogP contribution in [0.3, 0.4) is 0 Å². The van der Waals surface area contributed by atoms with E-state index >= 15 is 0 Å². The van der Waals surface area contributed by atoms with Gasteiger partial charge in [0.25, 0.3) is 0 Å². The number of para-hydroxylation sites is 2. The first-order valence-corrected chi connectivity index (χ1v) is 13.0. The molecule has 1 aliphatic heterocycles. The van der Waals surface area contributed by atoms with Crippen molar-refractivity contribution in [2.45, 2.75) is 51.3 Å². The molecule has 1 saturated heterocycles. The summed E-state index contributed by atoms with van der Waals surface area (Å²) in [6, 6.07) is 15.7. The lowest BCUT2D eigenvalue weighted by atomic mass is 9.95. The highest BCUT2D eigenvalue weighted by atomic mass is 16.5. The summed E-state index contributed by atoms with van der Waals surface area (Å²) in [6.45, 7) is 4.68. The zero-order valence-corrected chi connectivity index (χ0v) is 22.2. The number of hydrogen-bond donors (Lipinski definition) is 4. The molecule has 0 aromatic heterocycles. The van der Waals surface area contributed by atoms with Crippen LogP contribution in [-0.2, 0) is 25.5 Å². The van der Waals surface area contributed by atoms with Gasteiger partial charge in [-0.25, -0.2) is 4.79 Å². The normalized spacial score (nSPS) is 18.8. The molecule has 4 N–H and O–H groups in total. The summed E-state index contributed by atoms with van der Waals surface area (Å²) < 4.78 is 10.7. The molecule has 0 aliphatic carbocycles. The number of ether oxygens (including phenoxy) is 2. The Balaban J connectivity index is 1.56. The van der Waals surface area contributed by atoms with E-state index in [-0.39, 0.29) is 30.4 Å². The van der Waals surface area contributed by atoms with Crippen LogP contribution in [0.5, 0.6) is 0 Å². The maximum atomic E-state index is 13.2. The molecule has 204 valence electrons. The largest absolute Gasteiger partial charge is 0.453 e. The molecule has 1 heterocycles. The molecule has 38 heavy (non-hydrogen) atoms. The Labute approximate surface area is 224 Å². The second-order valence-corrected chi connectivity index (χ2v) is 9.17. The molecule has 1 aliphatic rings. The number of methoxy groups -OCH3 is 1. The molecule has 2 aromatic carbocycles. The highest BCUT2D eigenvalue weighted by Gasteiger charge is 2.29. The van der Waals surface area contributed by atoms with Crippen LogP contribution >= 0.6 is 0 Å². The van der Waals surface area contributed by atoms with E-state index in [1.807, 2.05) is 80.6 Å². The van der Waals surface area contributed by atoms with Crippen molar-refractivity contribution in [2.75, 3.05) is 30.9 Å². The Bertz CT molecular complexity index is 1080. The molecule has 0 radical (unpaired) electrons. The first kappa shape index (κ1) is 28.9. The van der Waals surface area contributed by atoms with Crippen molar-refractivity contribution >= 4 is 29.3 Å². The first-order valence-electron chi connectivity index (χ1n) is 13.0. The van der Waals surface area contributed by atoms with Gasteiger partial charge in [0.2, 0.25) is 11.8 Å². The number of amides is 3. The molecular weight excluding hydrogens is 484 g/mol. The minimum Gasteiger partial charge on any atom is -0.453 e. The van der Waals surface area contributed by atoms with Gasteiger partial charge in [0.1, 0.15) is 12.1 Å². The highest BCUT2D eigenvalue weighted by Crippen LogP contribution is 2.21. The number of carbonyl (C=O) groups is 3. The average molecular weight is 523 g/mol. The molecule has 0 spiro atoms. The molecule has 3 rings (SSSR count). The van der Waals surface area contributed by atoms with E-state index in [4.69, 9.17) is 9.47 Å². The summed E-state index contributed by atoms with van der Waals surface area (Å²) >= 11 is 0. The zero-order valence-electron chi connectivity index (χ0n) is 22.2. The summed E-state index contributed by atoms with van der Waals surface area (Å²) in [5.74, 6) is -0.614. The third kappa shape index (κ3) is 8.43. The van der Waals surface area contributed by atoms with Crippen LogP contribution in [0.2, 0.25) is 0 Å².